The quantitative estimate of drug-likeness (QED) is 0.750. The molecule has 0 bridgehead atoms. The molecule has 1 fully saturated rings. The summed E-state index contributed by atoms with van der Waals surface area (Å²) in [5, 5.41) is 6.73. The molecule has 3 heterocycles. The van der Waals surface area contributed by atoms with Gasteiger partial charge in [-0.05, 0) is 6.92 Å². The summed E-state index contributed by atoms with van der Waals surface area (Å²) in [7, 11) is 0. The molecule has 2 amide bonds. The zero-order valence-electron chi connectivity index (χ0n) is 14.8. The molecule has 2 N–H and O–H groups in total. The molecule has 0 saturated carbocycles. The molecular weight excluding hydrogens is 369 g/mol. The van der Waals surface area contributed by atoms with E-state index in [1.807, 2.05) is 6.92 Å². The van der Waals surface area contributed by atoms with Crippen LogP contribution in [0.5, 0.6) is 0 Å². The summed E-state index contributed by atoms with van der Waals surface area (Å²) in [6, 6.07) is -0.572. The normalized spacial score (nSPS) is 22.0. The van der Waals surface area contributed by atoms with Crippen molar-refractivity contribution in [3.8, 4) is 0 Å². The van der Waals surface area contributed by atoms with Gasteiger partial charge < -0.3 is 24.8 Å². The molecule has 2 aliphatic heterocycles. The van der Waals surface area contributed by atoms with Gasteiger partial charge in [-0.3, -0.25) is 9.59 Å². The first-order valence-electron chi connectivity index (χ1n) is 8.57. The molecule has 1 aromatic heterocycles. The number of rotatable bonds is 4. The van der Waals surface area contributed by atoms with Gasteiger partial charge in [-0.2, -0.15) is 13.2 Å². The Bertz CT molecular complexity index is 722. The van der Waals surface area contributed by atoms with Gasteiger partial charge in [-0.1, -0.05) is 0 Å². The van der Waals surface area contributed by atoms with Crippen LogP contribution in [0.4, 0.5) is 13.2 Å². The second-order valence-corrected chi connectivity index (χ2v) is 6.79. The first-order valence-corrected chi connectivity index (χ1v) is 8.57. The highest BCUT2D eigenvalue weighted by molar-refractivity contribution is 5.79. The number of nitrogens with two attached hydrogens (primary N) is 1. The average molecular weight is 390 g/mol. The highest BCUT2D eigenvalue weighted by Gasteiger charge is 2.40. The number of halogens is 3. The van der Waals surface area contributed by atoms with Crippen LogP contribution in [-0.4, -0.2) is 74.8 Å². The minimum absolute atomic E-state index is 0.00877. The van der Waals surface area contributed by atoms with Gasteiger partial charge in [0.1, 0.15) is 6.61 Å². The maximum atomic E-state index is 12.9. The van der Waals surface area contributed by atoms with Crippen molar-refractivity contribution in [1.29, 1.82) is 0 Å². The molecule has 0 spiro atoms. The summed E-state index contributed by atoms with van der Waals surface area (Å²) >= 11 is 0. The van der Waals surface area contributed by atoms with E-state index in [-0.39, 0.29) is 62.9 Å². The Kier molecular flexibility index (Phi) is 5.38. The Morgan fingerprint density at radius 3 is 2.81 bits per heavy atom. The molecule has 1 saturated heterocycles. The number of morpholine rings is 1. The van der Waals surface area contributed by atoms with E-state index in [9.17, 15) is 22.8 Å². The fourth-order valence-electron chi connectivity index (χ4n) is 3.23. The Morgan fingerprint density at radius 1 is 1.37 bits per heavy atom. The van der Waals surface area contributed by atoms with Gasteiger partial charge in [0.15, 0.2) is 5.82 Å². The topological polar surface area (TPSA) is 107 Å². The number of amides is 2. The van der Waals surface area contributed by atoms with E-state index in [0.717, 1.165) is 4.57 Å². The van der Waals surface area contributed by atoms with E-state index in [0.29, 0.717) is 6.54 Å². The van der Waals surface area contributed by atoms with Crippen molar-refractivity contribution in [3.05, 3.63) is 11.6 Å². The molecule has 27 heavy (non-hydrogen) atoms. The first kappa shape index (κ1) is 19.5. The predicted molar refractivity (Wildman–Crippen MR) is 85.0 cm³/mol. The van der Waals surface area contributed by atoms with Crippen molar-refractivity contribution >= 4 is 11.8 Å². The lowest BCUT2D eigenvalue weighted by Gasteiger charge is -2.33. The summed E-state index contributed by atoms with van der Waals surface area (Å²) < 4.78 is 44.8. The monoisotopic (exact) mass is 390 g/mol. The van der Waals surface area contributed by atoms with Crippen LogP contribution in [0.15, 0.2) is 0 Å². The number of hydrogen-bond acceptors (Lipinski definition) is 6. The highest BCUT2D eigenvalue weighted by atomic mass is 19.4. The fourth-order valence-corrected chi connectivity index (χ4v) is 3.23. The fraction of sp³-hybridized carbons (Fsp3) is 0.733. The molecule has 0 aliphatic carbocycles. The largest absolute Gasteiger partial charge is 0.451 e. The van der Waals surface area contributed by atoms with Gasteiger partial charge >= 0.3 is 6.18 Å². The SMILES string of the molecule is CC1CN(C[C@@H](N)CC(=O)N2CCn3c(nnc3C(F)(F)F)C2)C(=O)CO1. The lowest BCUT2D eigenvalue weighted by atomic mass is 10.1. The molecule has 1 unspecified atom stereocenters. The van der Waals surface area contributed by atoms with Crippen LogP contribution in [0.25, 0.3) is 0 Å². The average Bonchev–Trinajstić information content (AvgIpc) is 3.01. The minimum Gasteiger partial charge on any atom is -0.367 e. The molecule has 3 rings (SSSR count). The molecule has 9 nitrogen and oxygen atoms in total. The summed E-state index contributed by atoms with van der Waals surface area (Å²) in [5.41, 5.74) is 6.01. The standard InChI is InChI=1S/C15H21F3N6O3/c1-9-5-23(13(26)8-27-9)6-10(19)4-12(25)22-2-3-24-11(7-22)20-21-14(24)15(16,17)18/h9-10H,2-8,19H2,1H3/t9?,10-/m0/s1. The van der Waals surface area contributed by atoms with Crippen LogP contribution in [0.2, 0.25) is 0 Å². The third-order valence-electron chi connectivity index (χ3n) is 4.57. The summed E-state index contributed by atoms with van der Waals surface area (Å²) in [4.78, 5) is 27.2. The molecule has 12 heteroatoms. The Labute approximate surface area is 153 Å². The van der Waals surface area contributed by atoms with Crippen LogP contribution in [-0.2, 0) is 33.6 Å². The Morgan fingerprint density at radius 2 is 2.11 bits per heavy atom. The lowest BCUT2D eigenvalue weighted by molar-refractivity contribution is -0.149. The maximum absolute atomic E-state index is 12.9. The van der Waals surface area contributed by atoms with Gasteiger partial charge in [0.05, 0.1) is 12.6 Å². The van der Waals surface area contributed by atoms with E-state index >= 15 is 0 Å². The smallest absolute Gasteiger partial charge is 0.367 e. The zero-order chi connectivity index (χ0) is 19.8. The van der Waals surface area contributed by atoms with Crippen molar-refractivity contribution in [1.82, 2.24) is 24.6 Å². The van der Waals surface area contributed by atoms with Crippen LogP contribution in [0.1, 0.15) is 25.0 Å². The molecule has 150 valence electrons. The van der Waals surface area contributed by atoms with Crippen molar-refractivity contribution < 1.29 is 27.5 Å². The molecule has 0 radical (unpaired) electrons. The van der Waals surface area contributed by atoms with Gasteiger partial charge in [0, 0.05) is 38.6 Å². The van der Waals surface area contributed by atoms with Crippen molar-refractivity contribution in [2.45, 2.75) is 44.8 Å². The number of nitrogens with zero attached hydrogens (tertiary/aromatic N) is 5. The number of carbonyl (C=O) groups is 2. The lowest BCUT2D eigenvalue weighted by Crippen LogP contribution is -2.51. The van der Waals surface area contributed by atoms with Crippen LogP contribution >= 0.6 is 0 Å². The van der Waals surface area contributed by atoms with Crippen molar-refractivity contribution in [2.75, 3.05) is 26.2 Å². The third-order valence-corrected chi connectivity index (χ3v) is 4.57. The zero-order valence-corrected chi connectivity index (χ0v) is 14.8. The van der Waals surface area contributed by atoms with Crippen LogP contribution < -0.4 is 5.73 Å². The Hall–Kier alpha value is -2.21. The van der Waals surface area contributed by atoms with Gasteiger partial charge in [0.2, 0.25) is 17.6 Å². The molecule has 0 aromatic carbocycles. The second-order valence-electron chi connectivity index (χ2n) is 6.79. The van der Waals surface area contributed by atoms with E-state index < -0.39 is 18.0 Å². The number of aromatic nitrogens is 3. The molecule has 1 aromatic rings. The molecular formula is C15H21F3N6O3. The third kappa shape index (κ3) is 4.38. The molecule has 2 atom stereocenters. The first-order chi connectivity index (χ1) is 12.6. The molecule has 2 aliphatic rings. The second kappa shape index (κ2) is 7.43. The van der Waals surface area contributed by atoms with E-state index in [2.05, 4.69) is 10.2 Å². The van der Waals surface area contributed by atoms with E-state index in [1.54, 1.807) is 4.90 Å². The van der Waals surface area contributed by atoms with Gasteiger partial charge in [0.25, 0.3) is 0 Å². The predicted octanol–water partition coefficient (Wildman–Crippen LogP) is -0.396. The van der Waals surface area contributed by atoms with Gasteiger partial charge in [-0.15, -0.1) is 10.2 Å². The minimum atomic E-state index is -4.58. The van der Waals surface area contributed by atoms with Crippen molar-refractivity contribution in [2.24, 2.45) is 5.73 Å². The summed E-state index contributed by atoms with van der Waals surface area (Å²) in [6.45, 7) is 2.50. The maximum Gasteiger partial charge on any atom is 0.451 e. The van der Waals surface area contributed by atoms with E-state index in [4.69, 9.17) is 10.5 Å². The summed E-state index contributed by atoms with van der Waals surface area (Å²) in [5.74, 6) is -1.44. The van der Waals surface area contributed by atoms with Crippen LogP contribution in [0.3, 0.4) is 0 Å². The number of fused-ring (bicyclic) bond motifs is 1. The number of hydrogen-bond donors (Lipinski definition) is 1. The Balaban J connectivity index is 1.56. The number of carbonyl (C=O) groups excluding carboxylic acids is 2. The number of ether oxygens (including phenoxy) is 1. The van der Waals surface area contributed by atoms with Crippen molar-refractivity contribution in [3.63, 3.8) is 0 Å². The highest BCUT2D eigenvalue weighted by Crippen LogP contribution is 2.29. The number of alkyl halides is 3. The van der Waals surface area contributed by atoms with Gasteiger partial charge in [-0.25, -0.2) is 0 Å². The summed E-state index contributed by atoms with van der Waals surface area (Å²) in [6.07, 6.45) is -4.69. The van der Waals surface area contributed by atoms with Crippen LogP contribution in [0, 0.1) is 0 Å². The van der Waals surface area contributed by atoms with E-state index in [1.165, 1.54) is 4.90 Å².